The zero-order chi connectivity index (χ0) is 21.9. The third kappa shape index (κ3) is 8.31. The Kier molecular flexibility index (Phi) is 9.44. The molecule has 0 aliphatic carbocycles. The standard InChI is InChI=1S/C22H33N3O5/c1-4-29-22(28)24-17(12-15(2)3)14-23-20(26)6-5-11-30-18-8-9-19-16(13-18)7-10-21(27)25-19/h8-9,13,15,17H,4-7,10-12,14H2,1-3H3,(H,23,26)(H,24,28)(H,25,27). The molecule has 166 valence electrons. The average Bonchev–Trinajstić information content (AvgIpc) is 2.69. The summed E-state index contributed by atoms with van der Waals surface area (Å²) in [6, 6.07) is 5.44. The second-order valence-electron chi connectivity index (χ2n) is 7.81. The van der Waals surface area contributed by atoms with E-state index in [0.717, 1.165) is 23.4 Å². The van der Waals surface area contributed by atoms with Crippen molar-refractivity contribution in [1.82, 2.24) is 10.6 Å². The van der Waals surface area contributed by atoms with Gasteiger partial charge in [-0.3, -0.25) is 9.59 Å². The fourth-order valence-electron chi connectivity index (χ4n) is 3.30. The first-order chi connectivity index (χ1) is 14.4. The van der Waals surface area contributed by atoms with Crippen LogP contribution in [0.25, 0.3) is 0 Å². The van der Waals surface area contributed by atoms with Gasteiger partial charge in [0.05, 0.1) is 13.2 Å². The van der Waals surface area contributed by atoms with Crippen LogP contribution in [-0.2, 0) is 20.7 Å². The number of aryl methyl sites for hydroxylation is 1. The normalized spacial score (nSPS) is 13.8. The SMILES string of the molecule is CCOC(=O)NC(CNC(=O)CCCOc1ccc2c(c1)CCC(=O)N2)CC(C)C. The van der Waals surface area contributed by atoms with Crippen molar-refractivity contribution in [2.75, 3.05) is 25.1 Å². The molecule has 0 saturated carbocycles. The van der Waals surface area contributed by atoms with Crippen molar-refractivity contribution in [2.24, 2.45) is 5.92 Å². The molecule has 8 heteroatoms. The summed E-state index contributed by atoms with van der Waals surface area (Å²) in [5, 5.41) is 8.51. The monoisotopic (exact) mass is 419 g/mol. The van der Waals surface area contributed by atoms with Crippen LogP contribution >= 0.6 is 0 Å². The van der Waals surface area contributed by atoms with Crippen LogP contribution in [0.1, 0.15) is 52.0 Å². The summed E-state index contributed by atoms with van der Waals surface area (Å²) in [4.78, 5) is 35.2. The predicted octanol–water partition coefficient (Wildman–Crippen LogP) is 3.01. The maximum atomic E-state index is 12.1. The van der Waals surface area contributed by atoms with Gasteiger partial charge in [-0.1, -0.05) is 13.8 Å². The number of carbonyl (C=O) groups is 3. The van der Waals surface area contributed by atoms with E-state index in [0.29, 0.717) is 51.4 Å². The molecule has 1 unspecified atom stereocenters. The van der Waals surface area contributed by atoms with Gasteiger partial charge >= 0.3 is 6.09 Å². The van der Waals surface area contributed by atoms with E-state index in [2.05, 4.69) is 29.8 Å². The first kappa shape index (κ1) is 23.5. The molecule has 1 heterocycles. The van der Waals surface area contributed by atoms with E-state index < -0.39 is 6.09 Å². The van der Waals surface area contributed by atoms with Crippen molar-refractivity contribution < 1.29 is 23.9 Å². The van der Waals surface area contributed by atoms with Crippen LogP contribution < -0.4 is 20.7 Å². The number of hydrogen-bond donors (Lipinski definition) is 3. The minimum absolute atomic E-state index is 0.0373. The van der Waals surface area contributed by atoms with Gasteiger partial charge in [0.15, 0.2) is 0 Å². The number of ether oxygens (including phenoxy) is 2. The lowest BCUT2D eigenvalue weighted by Gasteiger charge is -2.20. The Balaban J connectivity index is 1.68. The maximum Gasteiger partial charge on any atom is 0.407 e. The summed E-state index contributed by atoms with van der Waals surface area (Å²) in [7, 11) is 0. The van der Waals surface area contributed by atoms with Crippen molar-refractivity contribution in [3.63, 3.8) is 0 Å². The number of carbonyl (C=O) groups excluding carboxylic acids is 3. The highest BCUT2D eigenvalue weighted by atomic mass is 16.5. The summed E-state index contributed by atoms with van der Waals surface area (Å²) < 4.78 is 10.7. The number of fused-ring (bicyclic) bond motifs is 1. The minimum atomic E-state index is -0.463. The molecule has 1 aromatic carbocycles. The highest BCUT2D eigenvalue weighted by molar-refractivity contribution is 5.94. The number of nitrogens with one attached hydrogen (secondary N) is 3. The van der Waals surface area contributed by atoms with Gasteiger partial charge in [0.1, 0.15) is 5.75 Å². The average molecular weight is 420 g/mol. The lowest BCUT2D eigenvalue weighted by molar-refractivity contribution is -0.121. The molecule has 0 fully saturated rings. The van der Waals surface area contributed by atoms with Crippen molar-refractivity contribution in [3.8, 4) is 5.75 Å². The summed E-state index contributed by atoms with van der Waals surface area (Å²) in [5.41, 5.74) is 1.90. The molecular formula is C22H33N3O5. The molecule has 0 radical (unpaired) electrons. The lowest BCUT2D eigenvalue weighted by atomic mass is 10.0. The Hall–Kier alpha value is -2.77. The van der Waals surface area contributed by atoms with Crippen LogP contribution in [0.3, 0.4) is 0 Å². The van der Waals surface area contributed by atoms with Gasteiger partial charge in [0, 0.05) is 31.1 Å². The van der Waals surface area contributed by atoms with Crippen molar-refractivity contribution in [2.45, 2.75) is 58.9 Å². The number of anilines is 1. The maximum absolute atomic E-state index is 12.1. The van der Waals surface area contributed by atoms with Gasteiger partial charge in [-0.05, 0) is 55.9 Å². The molecule has 1 atom stereocenters. The molecule has 30 heavy (non-hydrogen) atoms. The van der Waals surface area contributed by atoms with Gasteiger partial charge in [-0.25, -0.2) is 4.79 Å². The molecule has 3 amide bonds. The van der Waals surface area contributed by atoms with E-state index >= 15 is 0 Å². The molecule has 0 spiro atoms. The van der Waals surface area contributed by atoms with Crippen LogP contribution in [0.5, 0.6) is 5.75 Å². The number of alkyl carbamates (subject to hydrolysis) is 1. The molecule has 0 saturated heterocycles. The fourth-order valence-corrected chi connectivity index (χ4v) is 3.30. The molecular weight excluding hydrogens is 386 g/mol. The van der Waals surface area contributed by atoms with E-state index in [1.807, 2.05) is 18.2 Å². The number of hydrogen-bond acceptors (Lipinski definition) is 5. The smallest absolute Gasteiger partial charge is 0.407 e. The molecule has 1 aliphatic heterocycles. The molecule has 1 aliphatic rings. The van der Waals surface area contributed by atoms with Crippen LogP contribution in [0.4, 0.5) is 10.5 Å². The Morgan fingerprint density at radius 2 is 2.03 bits per heavy atom. The zero-order valence-corrected chi connectivity index (χ0v) is 18.1. The molecule has 2 rings (SSSR count). The molecule has 0 aromatic heterocycles. The third-order valence-electron chi connectivity index (χ3n) is 4.69. The van der Waals surface area contributed by atoms with Crippen LogP contribution in [0.15, 0.2) is 18.2 Å². The first-order valence-corrected chi connectivity index (χ1v) is 10.6. The quantitative estimate of drug-likeness (QED) is 0.478. The van der Waals surface area contributed by atoms with Gasteiger partial charge in [-0.2, -0.15) is 0 Å². The Morgan fingerprint density at radius 3 is 2.77 bits per heavy atom. The third-order valence-corrected chi connectivity index (χ3v) is 4.69. The molecule has 8 nitrogen and oxygen atoms in total. The van der Waals surface area contributed by atoms with Crippen LogP contribution in [0, 0.1) is 5.92 Å². The summed E-state index contributed by atoms with van der Waals surface area (Å²) in [6.45, 7) is 6.98. The second-order valence-corrected chi connectivity index (χ2v) is 7.81. The van der Waals surface area contributed by atoms with Crippen molar-refractivity contribution in [3.05, 3.63) is 23.8 Å². The van der Waals surface area contributed by atoms with Crippen molar-refractivity contribution >= 4 is 23.6 Å². The first-order valence-electron chi connectivity index (χ1n) is 10.6. The minimum Gasteiger partial charge on any atom is -0.494 e. The summed E-state index contributed by atoms with van der Waals surface area (Å²) >= 11 is 0. The summed E-state index contributed by atoms with van der Waals surface area (Å²) in [5.74, 6) is 1.08. The lowest BCUT2D eigenvalue weighted by Crippen LogP contribution is -2.44. The highest BCUT2D eigenvalue weighted by Crippen LogP contribution is 2.26. The van der Waals surface area contributed by atoms with Crippen LogP contribution in [-0.4, -0.2) is 43.7 Å². The van der Waals surface area contributed by atoms with E-state index in [9.17, 15) is 14.4 Å². The van der Waals surface area contributed by atoms with Gasteiger partial charge in [0.2, 0.25) is 11.8 Å². The molecule has 0 bridgehead atoms. The Bertz CT molecular complexity index is 735. The van der Waals surface area contributed by atoms with Crippen LogP contribution in [0.2, 0.25) is 0 Å². The number of amides is 3. The van der Waals surface area contributed by atoms with Gasteiger partial charge in [-0.15, -0.1) is 0 Å². The Labute approximate surface area is 178 Å². The van der Waals surface area contributed by atoms with E-state index in [1.165, 1.54) is 0 Å². The van der Waals surface area contributed by atoms with Gasteiger partial charge in [0.25, 0.3) is 0 Å². The Morgan fingerprint density at radius 1 is 1.23 bits per heavy atom. The van der Waals surface area contributed by atoms with E-state index in [-0.39, 0.29) is 17.9 Å². The molecule has 1 aromatic rings. The largest absolute Gasteiger partial charge is 0.494 e. The summed E-state index contributed by atoms with van der Waals surface area (Å²) in [6.07, 6.45) is 2.41. The van der Waals surface area contributed by atoms with Gasteiger partial charge < -0.3 is 25.4 Å². The molecule has 3 N–H and O–H groups in total. The number of rotatable bonds is 11. The topological polar surface area (TPSA) is 106 Å². The van der Waals surface area contributed by atoms with Crippen molar-refractivity contribution in [1.29, 1.82) is 0 Å². The predicted molar refractivity (Wildman–Crippen MR) is 115 cm³/mol. The zero-order valence-electron chi connectivity index (χ0n) is 18.1. The van der Waals surface area contributed by atoms with E-state index in [1.54, 1.807) is 6.92 Å². The number of benzene rings is 1. The van der Waals surface area contributed by atoms with E-state index in [4.69, 9.17) is 9.47 Å². The second kappa shape index (κ2) is 12.0. The fraction of sp³-hybridized carbons (Fsp3) is 0.591. The highest BCUT2D eigenvalue weighted by Gasteiger charge is 2.16.